The number of aliphatic hydroxyl groups is 1. The molecule has 3 N–H and O–H groups in total. The molecule has 7 nitrogen and oxygen atoms in total. The summed E-state index contributed by atoms with van der Waals surface area (Å²) in [5.74, 6) is 1.86. The van der Waals surface area contributed by atoms with Crippen LogP contribution in [0.3, 0.4) is 0 Å². The maximum Gasteiger partial charge on any atom is 0.251 e. The van der Waals surface area contributed by atoms with E-state index in [2.05, 4.69) is 20.9 Å². The SMILES string of the molecule is C#CCNS(=O)(=O)c1cccc(C(=O)NCc2ccc(CN3CCC(O)CC3)cc2)c1. The van der Waals surface area contributed by atoms with E-state index in [1.807, 2.05) is 24.3 Å². The van der Waals surface area contributed by atoms with Gasteiger partial charge in [0.1, 0.15) is 0 Å². The molecule has 2 aromatic carbocycles. The number of carbonyl (C=O) groups is 1. The summed E-state index contributed by atoms with van der Waals surface area (Å²) in [6.45, 7) is 2.85. The highest BCUT2D eigenvalue weighted by atomic mass is 32.2. The minimum atomic E-state index is -3.76. The first-order chi connectivity index (χ1) is 14.9. The molecule has 31 heavy (non-hydrogen) atoms. The Bertz CT molecular complexity index is 1040. The van der Waals surface area contributed by atoms with E-state index in [9.17, 15) is 18.3 Å². The second kappa shape index (κ2) is 10.6. The second-order valence-electron chi connectivity index (χ2n) is 7.56. The van der Waals surface area contributed by atoms with Crippen LogP contribution in [0.1, 0.15) is 34.3 Å². The number of aliphatic hydroxyl groups excluding tert-OH is 1. The van der Waals surface area contributed by atoms with Crippen molar-refractivity contribution in [2.75, 3.05) is 19.6 Å². The van der Waals surface area contributed by atoms with E-state index in [1.165, 1.54) is 23.8 Å². The number of rotatable bonds is 8. The van der Waals surface area contributed by atoms with Gasteiger partial charge in [0, 0.05) is 31.7 Å². The number of sulfonamides is 1. The number of nitrogens with one attached hydrogen (secondary N) is 2. The van der Waals surface area contributed by atoms with Crippen molar-refractivity contribution in [1.82, 2.24) is 14.9 Å². The Morgan fingerprint density at radius 2 is 1.81 bits per heavy atom. The fraction of sp³-hybridized carbons (Fsp3) is 0.348. The lowest BCUT2D eigenvalue weighted by Crippen LogP contribution is -2.35. The summed E-state index contributed by atoms with van der Waals surface area (Å²) in [6, 6.07) is 13.8. The van der Waals surface area contributed by atoms with Gasteiger partial charge in [0.2, 0.25) is 10.0 Å². The third kappa shape index (κ3) is 6.64. The molecule has 0 spiro atoms. The van der Waals surface area contributed by atoms with E-state index in [4.69, 9.17) is 6.42 Å². The Kier molecular flexibility index (Phi) is 7.82. The van der Waals surface area contributed by atoms with Gasteiger partial charge in [0.05, 0.1) is 17.5 Å². The van der Waals surface area contributed by atoms with E-state index < -0.39 is 10.0 Å². The van der Waals surface area contributed by atoms with Crippen molar-refractivity contribution in [2.24, 2.45) is 0 Å². The van der Waals surface area contributed by atoms with Crippen LogP contribution in [0.5, 0.6) is 0 Å². The van der Waals surface area contributed by atoms with Gasteiger partial charge in [-0.1, -0.05) is 36.3 Å². The molecule has 0 atom stereocenters. The van der Waals surface area contributed by atoms with Gasteiger partial charge >= 0.3 is 0 Å². The van der Waals surface area contributed by atoms with Crippen molar-refractivity contribution in [3.63, 3.8) is 0 Å². The number of likely N-dealkylation sites (tertiary alicyclic amines) is 1. The van der Waals surface area contributed by atoms with E-state index >= 15 is 0 Å². The van der Waals surface area contributed by atoms with Gasteiger partial charge in [-0.15, -0.1) is 6.42 Å². The number of nitrogens with zero attached hydrogens (tertiary/aromatic N) is 1. The Hall–Kier alpha value is -2.70. The average molecular weight is 442 g/mol. The highest BCUT2D eigenvalue weighted by Crippen LogP contribution is 2.15. The maximum absolute atomic E-state index is 12.5. The molecule has 3 rings (SSSR count). The number of amides is 1. The van der Waals surface area contributed by atoms with E-state index in [0.29, 0.717) is 6.54 Å². The first-order valence-electron chi connectivity index (χ1n) is 10.2. The Balaban J connectivity index is 1.55. The van der Waals surface area contributed by atoms with Gasteiger partial charge in [-0.3, -0.25) is 9.69 Å². The van der Waals surface area contributed by atoms with Crippen LogP contribution in [-0.4, -0.2) is 50.1 Å². The molecule has 1 aliphatic rings. The van der Waals surface area contributed by atoms with Crippen LogP contribution >= 0.6 is 0 Å². The molecule has 0 unspecified atom stereocenters. The largest absolute Gasteiger partial charge is 0.393 e. The number of terminal acetylenes is 1. The Morgan fingerprint density at radius 3 is 2.48 bits per heavy atom. The highest BCUT2D eigenvalue weighted by molar-refractivity contribution is 7.89. The smallest absolute Gasteiger partial charge is 0.251 e. The molecular weight excluding hydrogens is 414 g/mol. The van der Waals surface area contributed by atoms with Crippen molar-refractivity contribution < 1.29 is 18.3 Å². The van der Waals surface area contributed by atoms with Crippen LogP contribution in [0.4, 0.5) is 0 Å². The summed E-state index contributed by atoms with van der Waals surface area (Å²) < 4.78 is 26.6. The van der Waals surface area contributed by atoms with E-state index in [0.717, 1.165) is 38.0 Å². The molecular formula is C23H27N3O4S. The summed E-state index contributed by atoms with van der Waals surface area (Å²) in [4.78, 5) is 14.8. The lowest BCUT2D eigenvalue weighted by Gasteiger charge is -2.29. The van der Waals surface area contributed by atoms with Crippen molar-refractivity contribution in [3.05, 3.63) is 65.2 Å². The Labute approximate surface area is 183 Å². The van der Waals surface area contributed by atoms with Gasteiger partial charge < -0.3 is 10.4 Å². The fourth-order valence-electron chi connectivity index (χ4n) is 3.41. The summed E-state index contributed by atoms with van der Waals surface area (Å²) >= 11 is 0. The van der Waals surface area contributed by atoms with E-state index in [-0.39, 0.29) is 29.0 Å². The third-order valence-corrected chi connectivity index (χ3v) is 6.61. The predicted molar refractivity (Wildman–Crippen MR) is 119 cm³/mol. The van der Waals surface area contributed by atoms with Gasteiger partial charge in [-0.2, -0.15) is 4.72 Å². The molecule has 8 heteroatoms. The minimum Gasteiger partial charge on any atom is -0.393 e. The number of hydrogen-bond donors (Lipinski definition) is 3. The highest BCUT2D eigenvalue weighted by Gasteiger charge is 2.17. The lowest BCUT2D eigenvalue weighted by molar-refractivity contribution is 0.0792. The first kappa shape index (κ1) is 23.0. The summed E-state index contributed by atoms with van der Waals surface area (Å²) in [5.41, 5.74) is 2.39. The van der Waals surface area contributed by atoms with Crippen molar-refractivity contribution >= 4 is 15.9 Å². The molecule has 1 saturated heterocycles. The number of piperidine rings is 1. The predicted octanol–water partition coefficient (Wildman–Crippen LogP) is 1.48. The molecule has 0 bridgehead atoms. The van der Waals surface area contributed by atoms with Gasteiger partial charge in [0.15, 0.2) is 0 Å². The quantitative estimate of drug-likeness (QED) is 0.539. The topological polar surface area (TPSA) is 98.7 Å². The van der Waals surface area contributed by atoms with Crippen molar-refractivity contribution in [1.29, 1.82) is 0 Å². The summed E-state index contributed by atoms with van der Waals surface area (Å²) in [5, 5.41) is 12.4. The van der Waals surface area contributed by atoms with Crippen LogP contribution in [0.2, 0.25) is 0 Å². The third-order valence-electron chi connectivity index (χ3n) is 5.21. The molecule has 164 valence electrons. The Morgan fingerprint density at radius 1 is 1.13 bits per heavy atom. The van der Waals surface area contributed by atoms with Crippen LogP contribution in [0, 0.1) is 12.3 Å². The van der Waals surface area contributed by atoms with Gasteiger partial charge in [-0.25, -0.2) is 8.42 Å². The van der Waals surface area contributed by atoms with E-state index in [1.54, 1.807) is 6.07 Å². The molecule has 1 fully saturated rings. The normalized spacial score (nSPS) is 15.4. The van der Waals surface area contributed by atoms with Gasteiger partial charge in [0.25, 0.3) is 5.91 Å². The molecule has 1 heterocycles. The first-order valence-corrected chi connectivity index (χ1v) is 11.7. The zero-order valence-electron chi connectivity index (χ0n) is 17.3. The maximum atomic E-state index is 12.5. The van der Waals surface area contributed by atoms with Crippen LogP contribution < -0.4 is 10.0 Å². The summed E-state index contributed by atoms with van der Waals surface area (Å²) in [7, 11) is -3.76. The molecule has 0 aromatic heterocycles. The second-order valence-corrected chi connectivity index (χ2v) is 9.33. The molecule has 0 radical (unpaired) electrons. The summed E-state index contributed by atoms with van der Waals surface area (Å²) in [6.07, 6.45) is 6.54. The molecule has 0 saturated carbocycles. The minimum absolute atomic E-state index is 0.00927. The van der Waals surface area contributed by atoms with Crippen LogP contribution in [0.25, 0.3) is 0 Å². The molecule has 0 aliphatic carbocycles. The van der Waals surface area contributed by atoms with Crippen molar-refractivity contribution in [2.45, 2.75) is 36.9 Å². The number of hydrogen-bond acceptors (Lipinski definition) is 5. The molecule has 1 aliphatic heterocycles. The van der Waals surface area contributed by atoms with Gasteiger partial charge in [-0.05, 0) is 42.2 Å². The molecule has 2 aromatic rings. The fourth-order valence-corrected chi connectivity index (χ4v) is 4.39. The standard InChI is InChI=1S/C23H27N3O4S/c1-2-12-25-31(29,30)22-5-3-4-20(15-22)23(28)24-16-18-6-8-19(9-7-18)17-26-13-10-21(27)11-14-26/h1,3-9,15,21,25,27H,10-14,16-17H2,(H,24,28). The number of benzene rings is 2. The monoisotopic (exact) mass is 441 g/mol. The average Bonchev–Trinajstić information content (AvgIpc) is 2.78. The lowest BCUT2D eigenvalue weighted by atomic mass is 10.1. The van der Waals surface area contributed by atoms with Crippen molar-refractivity contribution in [3.8, 4) is 12.3 Å². The zero-order chi connectivity index (χ0) is 22.3. The number of carbonyl (C=O) groups excluding carboxylic acids is 1. The molecule has 1 amide bonds. The zero-order valence-corrected chi connectivity index (χ0v) is 18.1. The van der Waals surface area contributed by atoms with Crippen LogP contribution in [-0.2, 0) is 23.1 Å². The van der Waals surface area contributed by atoms with Crippen LogP contribution in [0.15, 0.2) is 53.4 Å².